The molecule has 0 amide bonds. The van der Waals surface area contributed by atoms with Gasteiger partial charge in [-0.2, -0.15) is 0 Å². The number of piperidine rings is 1. The predicted molar refractivity (Wildman–Crippen MR) is 73.8 cm³/mol. The third-order valence-corrected chi connectivity index (χ3v) is 3.76. The van der Waals surface area contributed by atoms with Crippen molar-refractivity contribution >= 4 is 5.82 Å². The van der Waals surface area contributed by atoms with Crippen molar-refractivity contribution in [2.24, 2.45) is 0 Å². The number of anilines is 1. The number of aromatic nitrogens is 1. The van der Waals surface area contributed by atoms with Crippen molar-refractivity contribution in [3.8, 4) is 0 Å². The number of likely N-dealkylation sites (N-methyl/N-ethyl adjacent to an activating group) is 2. The van der Waals surface area contributed by atoms with Gasteiger partial charge < -0.3 is 14.9 Å². The first-order valence-corrected chi connectivity index (χ1v) is 6.63. The molecule has 1 aliphatic rings. The molecule has 2 heterocycles. The van der Waals surface area contributed by atoms with Crippen LogP contribution >= 0.6 is 0 Å². The van der Waals surface area contributed by atoms with Crippen LogP contribution in [0.1, 0.15) is 31.4 Å². The molecule has 0 saturated carbocycles. The minimum Gasteiger partial charge on any atom is -0.389 e. The van der Waals surface area contributed by atoms with Gasteiger partial charge in [0.1, 0.15) is 5.82 Å². The normalized spacial score (nSPS) is 22.8. The number of hydrogen-bond donors (Lipinski definition) is 1. The third-order valence-electron chi connectivity index (χ3n) is 3.76. The molecule has 1 aliphatic heterocycles. The molecule has 4 nitrogen and oxygen atoms in total. The molecular formula is C14H23N3O. The molecule has 0 aromatic carbocycles. The number of aliphatic hydroxyl groups is 1. The summed E-state index contributed by atoms with van der Waals surface area (Å²) >= 11 is 0. The van der Waals surface area contributed by atoms with Crippen LogP contribution in [0.2, 0.25) is 0 Å². The van der Waals surface area contributed by atoms with Gasteiger partial charge in [-0.05, 0) is 51.1 Å². The molecule has 1 aromatic rings. The van der Waals surface area contributed by atoms with E-state index in [2.05, 4.69) is 28.9 Å². The molecule has 0 radical (unpaired) electrons. The highest BCUT2D eigenvalue weighted by Crippen LogP contribution is 2.22. The van der Waals surface area contributed by atoms with Crippen molar-refractivity contribution < 1.29 is 5.11 Å². The highest BCUT2D eigenvalue weighted by Gasteiger charge is 2.22. The molecule has 4 heteroatoms. The first kappa shape index (κ1) is 13.3. The van der Waals surface area contributed by atoms with E-state index in [1.54, 1.807) is 13.1 Å². The van der Waals surface area contributed by atoms with E-state index < -0.39 is 6.10 Å². The van der Waals surface area contributed by atoms with Gasteiger partial charge in [0.05, 0.1) is 6.10 Å². The summed E-state index contributed by atoms with van der Waals surface area (Å²) in [6.07, 6.45) is 3.79. The molecule has 1 saturated heterocycles. The molecule has 1 fully saturated rings. The van der Waals surface area contributed by atoms with E-state index in [1.807, 2.05) is 12.1 Å². The van der Waals surface area contributed by atoms with Crippen LogP contribution in [0.5, 0.6) is 0 Å². The van der Waals surface area contributed by atoms with Crippen molar-refractivity contribution in [2.75, 3.05) is 32.1 Å². The molecule has 0 bridgehead atoms. The molecule has 0 aliphatic carbocycles. The molecule has 100 valence electrons. The fraction of sp³-hybridized carbons (Fsp3) is 0.643. The van der Waals surface area contributed by atoms with Gasteiger partial charge >= 0.3 is 0 Å². The van der Waals surface area contributed by atoms with Gasteiger partial charge in [0.15, 0.2) is 0 Å². The maximum atomic E-state index is 9.63. The number of aliphatic hydroxyl groups excluding tert-OH is 1. The van der Waals surface area contributed by atoms with Crippen LogP contribution < -0.4 is 4.90 Å². The lowest BCUT2D eigenvalue weighted by atomic mass is 10.0. The smallest absolute Gasteiger partial charge is 0.128 e. The fourth-order valence-electron chi connectivity index (χ4n) is 2.53. The van der Waals surface area contributed by atoms with Crippen LogP contribution in [0.4, 0.5) is 5.82 Å². The van der Waals surface area contributed by atoms with E-state index in [4.69, 9.17) is 0 Å². The third kappa shape index (κ3) is 3.00. The quantitative estimate of drug-likeness (QED) is 0.884. The lowest BCUT2D eigenvalue weighted by Crippen LogP contribution is -2.45. The molecule has 18 heavy (non-hydrogen) atoms. The molecule has 2 rings (SSSR count). The molecule has 1 unspecified atom stereocenters. The maximum absolute atomic E-state index is 9.63. The Morgan fingerprint density at radius 2 is 2.33 bits per heavy atom. The average Bonchev–Trinajstić information content (AvgIpc) is 2.38. The van der Waals surface area contributed by atoms with Gasteiger partial charge in [-0.1, -0.05) is 0 Å². The fourth-order valence-corrected chi connectivity index (χ4v) is 2.53. The lowest BCUT2D eigenvalue weighted by Gasteiger charge is -2.36. The van der Waals surface area contributed by atoms with Crippen molar-refractivity contribution in [3.63, 3.8) is 0 Å². The van der Waals surface area contributed by atoms with Gasteiger partial charge in [-0.25, -0.2) is 4.98 Å². The minimum atomic E-state index is -0.436. The standard InChI is InChI=1S/C14H23N3O/c1-11(18)12-6-7-15-14(9-12)17(3)13-5-4-8-16(2)10-13/h6-7,9,11,13,18H,4-5,8,10H2,1-3H3/t11-,13?/m1/s1. The summed E-state index contributed by atoms with van der Waals surface area (Å²) in [5.74, 6) is 0.953. The van der Waals surface area contributed by atoms with E-state index in [-0.39, 0.29) is 0 Å². The van der Waals surface area contributed by atoms with Crippen molar-refractivity contribution in [1.82, 2.24) is 9.88 Å². The Kier molecular flexibility index (Phi) is 4.19. The van der Waals surface area contributed by atoms with Crippen molar-refractivity contribution in [1.29, 1.82) is 0 Å². The summed E-state index contributed by atoms with van der Waals surface area (Å²) in [6, 6.07) is 4.37. The monoisotopic (exact) mass is 249 g/mol. The summed E-state index contributed by atoms with van der Waals surface area (Å²) in [7, 11) is 4.26. The van der Waals surface area contributed by atoms with Gasteiger partial charge in [0, 0.05) is 25.8 Å². The van der Waals surface area contributed by atoms with E-state index in [1.165, 1.54) is 19.4 Å². The number of pyridine rings is 1. The second-order valence-electron chi connectivity index (χ2n) is 5.29. The molecule has 1 N–H and O–H groups in total. The van der Waals surface area contributed by atoms with E-state index >= 15 is 0 Å². The van der Waals surface area contributed by atoms with E-state index in [0.717, 1.165) is 17.9 Å². The Hall–Kier alpha value is -1.13. The summed E-state index contributed by atoms with van der Waals surface area (Å²) in [6.45, 7) is 4.05. The zero-order valence-electron chi connectivity index (χ0n) is 11.5. The highest BCUT2D eigenvalue weighted by atomic mass is 16.3. The minimum absolute atomic E-state index is 0.436. The zero-order chi connectivity index (χ0) is 13.1. The van der Waals surface area contributed by atoms with Crippen LogP contribution in [0, 0.1) is 0 Å². The number of nitrogens with zero attached hydrogens (tertiary/aromatic N) is 3. The Balaban J connectivity index is 2.12. The van der Waals surface area contributed by atoms with Gasteiger partial charge in [0.2, 0.25) is 0 Å². The second-order valence-corrected chi connectivity index (χ2v) is 5.29. The van der Waals surface area contributed by atoms with Gasteiger partial charge in [0.25, 0.3) is 0 Å². The summed E-state index contributed by atoms with van der Waals surface area (Å²) < 4.78 is 0. The molecule has 2 atom stereocenters. The predicted octanol–water partition coefficient (Wildman–Crippen LogP) is 1.67. The SMILES string of the molecule is C[C@@H](O)c1ccnc(N(C)C2CCCN(C)C2)c1. The van der Waals surface area contributed by atoms with E-state index in [9.17, 15) is 5.11 Å². The number of rotatable bonds is 3. The van der Waals surface area contributed by atoms with Crippen LogP contribution in [-0.2, 0) is 0 Å². The van der Waals surface area contributed by atoms with E-state index in [0.29, 0.717) is 6.04 Å². The summed E-state index contributed by atoms with van der Waals surface area (Å²) in [5.41, 5.74) is 0.927. The molecular weight excluding hydrogens is 226 g/mol. The number of hydrogen-bond acceptors (Lipinski definition) is 4. The average molecular weight is 249 g/mol. The summed E-state index contributed by atoms with van der Waals surface area (Å²) in [4.78, 5) is 9.02. The number of likely N-dealkylation sites (tertiary alicyclic amines) is 1. The largest absolute Gasteiger partial charge is 0.389 e. The zero-order valence-corrected chi connectivity index (χ0v) is 11.5. The van der Waals surface area contributed by atoms with Gasteiger partial charge in [-0.3, -0.25) is 0 Å². The van der Waals surface area contributed by atoms with Crippen LogP contribution in [0.15, 0.2) is 18.3 Å². The van der Waals surface area contributed by atoms with Crippen LogP contribution in [0.3, 0.4) is 0 Å². The Morgan fingerprint density at radius 1 is 1.56 bits per heavy atom. The molecule has 0 spiro atoms. The van der Waals surface area contributed by atoms with Crippen molar-refractivity contribution in [2.45, 2.75) is 31.9 Å². The first-order chi connectivity index (χ1) is 8.58. The van der Waals surface area contributed by atoms with Crippen molar-refractivity contribution in [3.05, 3.63) is 23.9 Å². The Morgan fingerprint density at radius 3 is 3.00 bits per heavy atom. The van der Waals surface area contributed by atoms with Crippen LogP contribution in [0.25, 0.3) is 0 Å². The van der Waals surface area contributed by atoms with Gasteiger partial charge in [-0.15, -0.1) is 0 Å². The second kappa shape index (κ2) is 5.67. The highest BCUT2D eigenvalue weighted by molar-refractivity contribution is 5.42. The summed E-state index contributed by atoms with van der Waals surface area (Å²) in [5, 5.41) is 9.63. The topological polar surface area (TPSA) is 39.6 Å². The molecule has 1 aromatic heterocycles. The van der Waals surface area contributed by atoms with Crippen LogP contribution in [-0.4, -0.2) is 48.2 Å². The first-order valence-electron chi connectivity index (χ1n) is 6.63. The lowest BCUT2D eigenvalue weighted by molar-refractivity contribution is 0.199. The Bertz CT molecular complexity index is 394. The Labute approximate surface area is 109 Å². The maximum Gasteiger partial charge on any atom is 0.128 e.